The fourth-order valence-electron chi connectivity index (χ4n) is 3.56. The standard InChI is InChI=1S/C27H26N4O2/c1-3-28-26(32)22-10-7-11-23(16-22)29-27(33)24-18-31(17-20-8-5-4-6-9-20)30-25(24)21-14-12-19(2)13-15-21/h4-16,18H,3,17H2,1-2H3,(H,28,32)(H,29,33). The molecule has 2 amide bonds. The van der Waals surface area contributed by atoms with Crippen molar-refractivity contribution in [2.24, 2.45) is 0 Å². The molecule has 0 saturated heterocycles. The quantitative estimate of drug-likeness (QED) is 0.431. The predicted octanol–water partition coefficient (Wildman–Crippen LogP) is 4.91. The Kier molecular flexibility index (Phi) is 6.64. The van der Waals surface area contributed by atoms with Gasteiger partial charge in [0.15, 0.2) is 0 Å². The molecule has 33 heavy (non-hydrogen) atoms. The van der Waals surface area contributed by atoms with Crippen LogP contribution in [-0.4, -0.2) is 28.1 Å². The summed E-state index contributed by atoms with van der Waals surface area (Å²) in [5.74, 6) is -0.456. The average Bonchev–Trinajstić information content (AvgIpc) is 3.24. The van der Waals surface area contributed by atoms with E-state index in [0.717, 1.165) is 16.7 Å². The van der Waals surface area contributed by atoms with Crippen molar-refractivity contribution in [1.29, 1.82) is 0 Å². The van der Waals surface area contributed by atoms with Crippen LogP contribution in [0.15, 0.2) is 85.1 Å². The first-order valence-corrected chi connectivity index (χ1v) is 10.9. The molecule has 0 aliphatic carbocycles. The molecule has 1 aromatic heterocycles. The highest BCUT2D eigenvalue weighted by Gasteiger charge is 2.19. The Labute approximate surface area is 193 Å². The van der Waals surface area contributed by atoms with Crippen molar-refractivity contribution in [1.82, 2.24) is 15.1 Å². The number of aryl methyl sites for hydroxylation is 1. The van der Waals surface area contributed by atoms with Gasteiger partial charge in [0.05, 0.1) is 12.1 Å². The molecule has 0 aliphatic heterocycles. The van der Waals surface area contributed by atoms with Crippen molar-refractivity contribution < 1.29 is 9.59 Å². The maximum absolute atomic E-state index is 13.3. The van der Waals surface area contributed by atoms with Gasteiger partial charge >= 0.3 is 0 Å². The summed E-state index contributed by atoms with van der Waals surface area (Å²) in [6.45, 7) is 4.98. The lowest BCUT2D eigenvalue weighted by Crippen LogP contribution is -2.22. The van der Waals surface area contributed by atoms with E-state index in [1.807, 2.05) is 68.4 Å². The van der Waals surface area contributed by atoms with Gasteiger partial charge in [-0.15, -0.1) is 0 Å². The smallest absolute Gasteiger partial charge is 0.259 e. The lowest BCUT2D eigenvalue weighted by atomic mass is 10.1. The molecule has 0 radical (unpaired) electrons. The first kappa shape index (κ1) is 22.0. The Hall–Kier alpha value is -4.19. The van der Waals surface area contributed by atoms with Gasteiger partial charge in [-0.3, -0.25) is 14.3 Å². The van der Waals surface area contributed by atoms with Crippen LogP contribution in [-0.2, 0) is 6.54 Å². The summed E-state index contributed by atoms with van der Waals surface area (Å²) in [7, 11) is 0. The molecule has 166 valence electrons. The second-order valence-electron chi connectivity index (χ2n) is 7.83. The van der Waals surface area contributed by atoms with E-state index in [1.165, 1.54) is 0 Å². The van der Waals surface area contributed by atoms with Crippen LogP contribution in [0.4, 0.5) is 5.69 Å². The van der Waals surface area contributed by atoms with E-state index in [4.69, 9.17) is 5.10 Å². The second-order valence-corrected chi connectivity index (χ2v) is 7.83. The van der Waals surface area contributed by atoms with Gasteiger partial charge in [-0.05, 0) is 37.6 Å². The predicted molar refractivity (Wildman–Crippen MR) is 130 cm³/mol. The highest BCUT2D eigenvalue weighted by molar-refractivity contribution is 6.08. The van der Waals surface area contributed by atoms with E-state index in [-0.39, 0.29) is 11.8 Å². The zero-order chi connectivity index (χ0) is 23.2. The minimum atomic E-state index is -0.280. The van der Waals surface area contributed by atoms with Gasteiger partial charge < -0.3 is 10.6 Å². The number of benzene rings is 3. The lowest BCUT2D eigenvalue weighted by molar-refractivity contribution is 0.0954. The Balaban J connectivity index is 1.65. The number of carbonyl (C=O) groups excluding carboxylic acids is 2. The van der Waals surface area contributed by atoms with Crippen molar-refractivity contribution in [3.63, 3.8) is 0 Å². The van der Waals surface area contributed by atoms with Gasteiger partial charge in [0, 0.05) is 29.6 Å². The van der Waals surface area contributed by atoms with Crippen LogP contribution < -0.4 is 10.6 Å². The van der Waals surface area contributed by atoms with Gasteiger partial charge in [0.1, 0.15) is 5.69 Å². The number of nitrogens with zero attached hydrogens (tertiary/aromatic N) is 2. The molecule has 6 heteroatoms. The van der Waals surface area contributed by atoms with Crippen LogP contribution in [0, 0.1) is 6.92 Å². The van der Waals surface area contributed by atoms with Gasteiger partial charge in [-0.1, -0.05) is 66.2 Å². The molecule has 4 rings (SSSR count). The Morgan fingerprint density at radius 1 is 0.909 bits per heavy atom. The number of nitrogens with one attached hydrogen (secondary N) is 2. The summed E-state index contributed by atoms with van der Waals surface area (Å²) in [5, 5.41) is 10.4. The average molecular weight is 439 g/mol. The first-order valence-electron chi connectivity index (χ1n) is 10.9. The first-order chi connectivity index (χ1) is 16.0. The van der Waals surface area contributed by atoms with Crippen molar-refractivity contribution in [2.45, 2.75) is 20.4 Å². The molecule has 1 heterocycles. The molecular formula is C27H26N4O2. The third-order valence-electron chi connectivity index (χ3n) is 5.24. The minimum absolute atomic E-state index is 0.176. The van der Waals surface area contributed by atoms with Crippen molar-refractivity contribution in [3.8, 4) is 11.3 Å². The van der Waals surface area contributed by atoms with Crippen molar-refractivity contribution in [3.05, 3.63) is 107 Å². The molecule has 2 N–H and O–H groups in total. The maximum atomic E-state index is 13.3. The topological polar surface area (TPSA) is 76.0 Å². The normalized spacial score (nSPS) is 10.6. The van der Waals surface area contributed by atoms with Crippen molar-refractivity contribution in [2.75, 3.05) is 11.9 Å². The van der Waals surface area contributed by atoms with Crippen molar-refractivity contribution >= 4 is 17.5 Å². The van der Waals surface area contributed by atoms with Crippen LogP contribution in [0.1, 0.15) is 38.8 Å². The third kappa shape index (κ3) is 5.36. The number of hydrogen-bond donors (Lipinski definition) is 2. The van der Waals surface area contributed by atoms with E-state index < -0.39 is 0 Å². The zero-order valence-corrected chi connectivity index (χ0v) is 18.7. The number of anilines is 1. The highest BCUT2D eigenvalue weighted by atomic mass is 16.2. The SMILES string of the molecule is CCNC(=O)c1cccc(NC(=O)c2cn(Cc3ccccc3)nc2-c2ccc(C)cc2)c1. The summed E-state index contributed by atoms with van der Waals surface area (Å²) in [5.41, 5.74) is 5.23. The fraction of sp³-hybridized carbons (Fsp3) is 0.148. The molecule has 0 bridgehead atoms. The molecule has 0 atom stereocenters. The van der Waals surface area contributed by atoms with E-state index in [9.17, 15) is 9.59 Å². The molecule has 3 aromatic carbocycles. The molecule has 0 spiro atoms. The molecule has 0 aliphatic rings. The van der Waals surface area contributed by atoms with E-state index in [0.29, 0.717) is 35.6 Å². The molecule has 0 fully saturated rings. The number of carbonyl (C=O) groups is 2. The van der Waals surface area contributed by atoms with Crippen LogP contribution in [0.2, 0.25) is 0 Å². The summed E-state index contributed by atoms with van der Waals surface area (Å²) in [4.78, 5) is 25.4. The van der Waals surface area contributed by atoms with E-state index in [1.54, 1.807) is 35.1 Å². The molecular weight excluding hydrogens is 412 g/mol. The number of amides is 2. The highest BCUT2D eigenvalue weighted by Crippen LogP contribution is 2.24. The van der Waals surface area contributed by atoms with Crippen LogP contribution in [0.3, 0.4) is 0 Å². The third-order valence-corrected chi connectivity index (χ3v) is 5.24. The summed E-state index contributed by atoms with van der Waals surface area (Å²) in [6, 6.07) is 24.8. The summed E-state index contributed by atoms with van der Waals surface area (Å²) in [6.07, 6.45) is 1.77. The monoisotopic (exact) mass is 438 g/mol. The Morgan fingerprint density at radius 2 is 1.67 bits per heavy atom. The zero-order valence-electron chi connectivity index (χ0n) is 18.7. The summed E-state index contributed by atoms with van der Waals surface area (Å²) >= 11 is 0. The number of hydrogen-bond acceptors (Lipinski definition) is 3. The van der Waals surface area contributed by atoms with E-state index >= 15 is 0 Å². The van der Waals surface area contributed by atoms with Gasteiger partial charge in [0.25, 0.3) is 11.8 Å². The lowest BCUT2D eigenvalue weighted by Gasteiger charge is -2.08. The van der Waals surface area contributed by atoms with Gasteiger partial charge in [0.2, 0.25) is 0 Å². The largest absolute Gasteiger partial charge is 0.352 e. The van der Waals surface area contributed by atoms with Crippen LogP contribution >= 0.6 is 0 Å². The maximum Gasteiger partial charge on any atom is 0.259 e. The molecule has 4 aromatic rings. The van der Waals surface area contributed by atoms with Crippen LogP contribution in [0.25, 0.3) is 11.3 Å². The fourth-order valence-corrected chi connectivity index (χ4v) is 3.56. The minimum Gasteiger partial charge on any atom is -0.352 e. The van der Waals surface area contributed by atoms with Crippen LogP contribution in [0.5, 0.6) is 0 Å². The van der Waals surface area contributed by atoms with Gasteiger partial charge in [-0.2, -0.15) is 5.10 Å². The van der Waals surface area contributed by atoms with E-state index in [2.05, 4.69) is 10.6 Å². The van der Waals surface area contributed by atoms with Gasteiger partial charge in [-0.25, -0.2) is 0 Å². The molecule has 0 unspecified atom stereocenters. The molecule has 6 nitrogen and oxygen atoms in total. The Morgan fingerprint density at radius 3 is 2.39 bits per heavy atom. The second kappa shape index (κ2) is 9.96. The number of rotatable bonds is 7. The number of aromatic nitrogens is 2. The molecule has 0 saturated carbocycles. The summed E-state index contributed by atoms with van der Waals surface area (Å²) < 4.78 is 1.78. The Bertz CT molecular complexity index is 1260.